The lowest BCUT2D eigenvalue weighted by molar-refractivity contribution is 0.0954. The van der Waals surface area contributed by atoms with Crippen LogP contribution in [0.15, 0.2) is 36.4 Å². The number of ether oxygens (including phenoxy) is 2. The molecule has 2 aromatic rings. The molecule has 0 radical (unpaired) electrons. The van der Waals surface area contributed by atoms with Crippen molar-refractivity contribution in [2.45, 2.75) is 6.42 Å². The number of rotatable bonds is 4. The van der Waals surface area contributed by atoms with Gasteiger partial charge in [-0.2, -0.15) is 0 Å². The third-order valence-electron chi connectivity index (χ3n) is 3.31. The van der Waals surface area contributed by atoms with E-state index < -0.39 is 0 Å². The highest BCUT2D eigenvalue weighted by Gasteiger charge is 2.14. The van der Waals surface area contributed by atoms with Crippen LogP contribution >= 0.6 is 23.2 Å². The summed E-state index contributed by atoms with van der Waals surface area (Å²) in [4.78, 5) is 12.1. The SMILES string of the molecule is O=C(NCCc1ccc2c(c1)OCO2)c1ccc(Cl)cc1Cl. The van der Waals surface area contributed by atoms with Gasteiger partial charge in [0, 0.05) is 11.6 Å². The summed E-state index contributed by atoms with van der Waals surface area (Å²) >= 11 is 11.8. The van der Waals surface area contributed by atoms with Crippen LogP contribution in [0.1, 0.15) is 15.9 Å². The quantitative estimate of drug-likeness (QED) is 0.925. The highest BCUT2D eigenvalue weighted by Crippen LogP contribution is 2.32. The molecule has 2 aromatic carbocycles. The summed E-state index contributed by atoms with van der Waals surface area (Å²) in [5.41, 5.74) is 1.48. The maximum absolute atomic E-state index is 12.1. The summed E-state index contributed by atoms with van der Waals surface area (Å²) in [5.74, 6) is 1.27. The first-order valence-electron chi connectivity index (χ1n) is 6.75. The first kappa shape index (κ1) is 15.0. The van der Waals surface area contributed by atoms with Crippen molar-refractivity contribution in [1.82, 2.24) is 5.32 Å². The lowest BCUT2D eigenvalue weighted by atomic mass is 10.1. The lowest BCUT2D eigenvalue weighted by Gasteiger charge is -2.07. The standard InChI is InChI=1S/C16H13Cl2NO3/c17-11-2-3-12(13(18)8-11)16(20)19-6-5-10-1-4-14-15(7-10)22-9-21-14/h1-4,7-8H,5-6,9H2,(H,19,20). The molecule has 22 heavy (non-hydrogen) atoms. The van der Waals surface area contributed by atoms with Crippen LogP contribution in [0.5, 0.6) is 11.5 Å². The zero-order valence-corrected chi connectivity index (χ0v) is 13.1. The van der Waals surface area contributed by atoms with Gasteiger partial charge in [0.2, 0.25) is 6.79 Å². The van der Waals surface area contributed by atoms with E-state index in [1.165, 1.54) is 0 Å². The van der Waals surface area contributed by atoms with Crippen molar-refractivity contribution in [3.63, 3.8) is 0 Å². The molecule has 0 aromatic heterocycles. The van der Waals surface area contributed by atoms with Gasteiger partial charge in [-0.1, -0.05) is 29.3 Å². The molecule has 0 saturated carbocycles. The maximum Gasteiger partial charge on any atom is 0.252 e. The molecule has 0 atom stereocenters. The molecule has 1 aliphatic rings. The Morgan fingerprint density at radius 3 is 2.73 bits per heavy atom. The van der Waals surface area contributed by atoms with Crippen LogP contribution in [0.25, 0.3) is 0 Å². The lowest BCUT2D eigenvalue weighted by Crippen LogP contribution is -2.25. The van der Waals surface area contributed by atoms with E-state index in [9.17, 15) is 4.79 Å². The molecule has 0 fully saturated rings. The second-order valence-electron chi connectivity index (χ2n) is 4.82. The summed E-state index contributed by atoms with van der Waals surface area (Å²) in [6, 6.07) is 10.5. The third-order valence-corrected chi connectivity index (χ3v) is 3.86. The maximum atomic E-state index is 12.1. The number of hydrogen-bond acceptors (Lipinski definition) is 3. The Hall–Kier alpha value is -1.91. The molecule has 0 unspecified atom stereocenters. The monoisotopic (exact) mass is 337 g/mol. The second-order valence-corrected chi connectivity index (χ2v) is 5.66. The Morgan fingerprint density at radius 2 is 1.91 bits per heavy atom. The van der Waals surface area contributed by atoms with Crippen molar-refractivity contribution in [3.8, 4) is 11.5 Å². The molecule has 1 N–H and O–H groups in total. The molecule has 6 heteroatoms. The molecule has 1 aliphatic heterocycles. The van der Waals surface area contributed by atoms with Crippen LogP contribution in [0, 0.1) is 0 Å². The summed E-state index contributed by atoms with van der Waals surface area (Å²) in [6.45, 7) is 0.752. The predicted molar refractivity (Wildman–Crippen MR) is 85.1 cm³/mol. The van der Waals surface area contributed by atoms with E-state index in [1.807, 2.05) is 18.2 Å². The van der Waals surface area contributed by atoms with Crippen molar-refractivity contribution >= 4 is 29.1 Å². The molecule has 0 bridgehead atoms. The van der Waals surface area contributed by atoms with E-state index >= 15 is 0 Å². The number of nitrogens with one attached hydrogen (secondary N) is 1. The highest BCUT2D eigenvalue weighted by atomic mass is 35.5. The number of benzene rings is 2. The minimum absolute atomic E-state index is 0.220. The van der Waals surface area contributed by atoms with Crippen LogP contribution in [-0.4, -0.2) is 19.2 Å². The average Bonchev–Trinajstić information content (AvgIpc) is 2.94. The van der Waals surface area contributed by atoms with Crippen LogP contribution in [0.2, 0.25) is 10.0 Å². The van der Waals surface area contributed by atoms with Gasteiger partial charge in [-0.3, -0.25) is 4.79 Å². The minimum atomic E-state index is -0.220. The van der Waals surface area contributed by atoms with Crippen LogP contribution in [0.3, 0.4) is 0 Å². The molecular weight excluding hydrogens is 325 g/mol. The van der Waals surface area contributed by atoms with Gasteiger partial charge >= 0.3 is 0 Å². The van der Waals surface area contributed by atoms with Gasteiger partial charge in [-0.15, -0.1) is 0 Å². The Balaban J connectivity index is 1.57. The van der Waals surface area contributed by atoms with E-state index in [1.54, 1.807) is 18.2 Å². The molecule has 0 aliphatic carbocycles. The fourth-order valence-electron chi connectivity index (χ4n) is 2.19. The summed E-state index contributed by atoms with van der Waals surface area (Å²) in [5, 5.41) is 3.68. The first-order valence-corrected chi connectivity index (χ1v) is 7.51. The van der Waals surface area contributed by atoms with Crippen LogP contribution < -0.4 is 14.8 Å². The Labute approximate surface area is 137 Å². The third kappa shape index (κ3) is 3.29. The largest absolute Gasteiger partial charge is 0.454 e. The van der Waals surface area contributed by atoms with Gasteiger partial charge in [-0.05, 0) is 42.3 Å². The molecule has 1 heterocycles. The number of fused-ring (bicyclic) bond motifs is 1. The average molecular weight is 338 g/mol. The Kier molecular flexibility index (Phi) is 4.41. The highest BCUT2D eigenvalue weighted by molar-refractivity contribution is 6.36. The van der Waals surface area contributed by atoms with Gasteiger partial charge in [0.05, 0.1) is 10.6 Å². The zero-order chi connectivity index (χ0) is 15.5. The smallest absolute Gasteiger partial charge is 0.252 e. The Morgan fingerprint density at radius 1 is 1.09 bits per heavy atom. The van der Waals surface area contributed by atoms with Gasteiger partial charge in [-0.25, -0.2) is 0 Å². The summed E-state index contributed by atoms with van der Waals surface area (Å²) < 4.78 is 10.6. The number of halogens is 2. The van der Waals surface area contributed by atoms with Gasteiger partial charge in [0.25, 0.3) is 5.91 Å². The predicted octanol–water partition coefficient (Wildman–Crippen LogP) is 3.69. The van der Waals surface area contributed by atoms with Crippen molar-refractivity contribution in [2.75, 3.05) is 13.3 Å². The van der Waals surface area contributed by atoms with Crippen LogP contribution in [0.4, 0.5) is 0 Å². The Bertz CT molecular complexity index is 719. The zero-order valence-electron chi connectivity index (χ0n) is 11.6. The molecule has 0 spiro atoms. The van der Waals surface area contributed by atoms with E-state index in [4.69, 9.17) is 32.7 Å². The van der Waals surface area contributed by atoms with Gasteiger partial charge in [0.1, 0.15) is 0 Å². The fraction of sp³-hybridized carbons (Fsp3) is 0.188. The fourth-order valence-corrected chi connectivity index (χ4v) is 2.68. The molecular formula is C16H13Cl2NO3. The molecule has 114 valence electrons. The van der Waals surface area contributed by atoms with E-state index in [0.717, 1.165) is 17.1 Å². The normalized spacial score (nSPS) is 12.3. The molecule has 0 saturated heterocycles. The molecule has 4 nitrogen and oxygen atoms in total. The summed E-state index contributed by atoms with van der Waals surface area (Å²) in [6.07, 6.45) is 0.688. The van der Waals surface area contributed by atoms with Crippen molar-refractivity contribution in [3.05, 3.63) is 57.6 Å². The van der Waals surface area contributed by atoms with E-state index in [0.29, 0.717) is 28.6 Å². The number of carbonyl (C=O) groups is 1. The van der Waals surface area contributed by atoms with Crippen molar-refractivity contribution in [2.24, 2.45) is 0 Å². The number of hydrogen-bond donors (Lipinski definition) is 1. The minimum Gasteiger partial charge on any atom is -0.454 e. The van der Waals surface area contributed by atoms with E-state index in [-0.39, 0.29) is 12.7 Å². The van der Waals surface area contributed by atoms with Crippen molar-refractivity contribution in [1.29, 1.82) is 0 Å². The van der Waals surface area contributed by atoms with Crippen molar-refractivity contribution < 1.29 is 14.3 Å². The first-order chi connectivity index (χ1) is 10.6. The second kappa shape index (κ2) is 6.46. The van der Waals surface area contributed by atoms with Gasteiger partial charge < -0.3 is 14.8 Å². The molecule has 3 rings (SSSR count). The van der Waals surface area contributed by atoms with Crippen LogP contribution in [-0.2, 0) is 6.42 Å². The topological polar surface area (TPSA) is 47.6 Å². The summed E-state index contributed by atoms with van der Waals surface area (Å²) in [7, 11) is 0. The number of amides is 1. The van der Waals surface area contributed by atoms with E-state index in [2.05, 4.69) is 5.32 Å². The van der Waals surface area contributed by atoms with Gasteiger partial charge in [0.15, 0.2) is 11.5 Å². The number of carbonyl (C=O) groups excluding carboxylic acids is 1. The molecule has 1 amide bonds.